The summed E-state index contributed by atoms with van der Waals surface area (Å²) in [6, 6.07) is 0. The van der Waals surface area contributed by atoms with Crippen LogP contribution in [0.4, 0.5) is 0 Å². The van der Waals surface area contributed by atoms with Crippen molar-refractivity contribution in [3.63, 3.8) is 0 Å². The van der Waals surface area contributed by atoms with Crippen LogP contribution in [0.25, 0.3) is 0 Å². The van der Waals surface area contributed by atoms with E-state index in [-0.39, 0.29) is 13.2 Å². The number of hydrogen-bond donors (Lipinski definition) is 3. The van der Waals surface area contributed by atoms with Crippen LogP contribution in [0, 0.1) is 0 Å². The van der Waals surface area contributed by atoms with E-state index in [1.54, 1.807) is 0 Å². The first-order valence-electron chi connectivity index (χ1n) is 5.06. The van der Waals surface area contributed by atoms with Crippen LogP contribution in [0.15, 0.2) is 0 Å². The zero-order valence-corrected chi connectivity index (χ0v) is 8.50. The summed E-state index contributed by atoms with van der Waals surface area (Å²) in [5.41, 5.74) is -0.641. The van der Waals surface area contributed by atoms with Gasteiger partial charge in [0.05, 0.1) is 5.60 Å². The Labute approximate surface area is 80.4 Å². The first-order valence-corrected chi connectivity index (χ1v) is 5.06. The minimum absolute atomic E-state index is 0.146. The van der Waals surface area contributed by atoms with Crippen molar-refractivity contribution in [3.8, 4) is 0 Å². The van der Waals surface area contributed by atoms with Crippen LogP contribution in [0.2, 0.25) is 0 Å². The molecule has 3 heteroatoms. The quantitative estimate of drug-likeness (QED) is 0.502. The van der Waals surface area contributed by atoms with Crippen molar-refractivity contribution in [2.45, 2.75) is 51.0 Å². The smallest absolute Gasteiger partial charge is 0.0620 e. The third-order valence-electron chi connectivity index (χ3n) is 2.25. The predicted octanol–water partition coefficient (Wildman–Crippen LogP) is 1.06. The molecule has 0 aliphatic heterocycles. The van der Waals surface area contributed by atoms with Gasteiger partial charge in [0, 0.05) is 13.2 Å². The molecule has 0 rings (SSSR count). The van der Waals surface area contributed by atoms with Crippen molar-refractivity contribution < 1.29 is 15.3 Å². The van der Waals surface area contributed by atoms with Gasteiger partial charge in [0.15, 0.2) is 0 Å². The molecule has 3 nitrogen and oxygen atoms in total. The van der Waals surface area contributed by atoms with Gasteiger partial charge in [0.2, 0.25) is 0 Å². The summed E-state index contributed by atoms with van der Waals surface area (Å²) in [5.74, 6) is 0. The molecule has 0 saturated heterocycles. The Bertz CT molecular complexity index is 113. The van der Waals surface area contributed by atoms with Crippen LogP contribution < -0.4 is 0 Å². The SMILES string of the molecule is CC(O)(CCCO)CCCCCO. The predicted molar refractivity (Wildman–Crippen MR) is 52.5 cm³/mol. The summed E-state index contributed by atoms with van der Waals surface area (Å²) in [6.45, 7) is 2.19. The Balaban J connectivity index is 3.39. The van der Waals surface area contributed by atoms with Crippen LogP contribution in [0.1, 0.15) is 45.4 Å². The standard InChI is InChI=1S/C10H22O3/c1-10(13,7-5-9-12)6-3-2-4-8-11/h11-13H,2-9H2,1H3. The van der Waals surface area contributed by atoms with Crippen molar-refractivity contribution in [1.29, 1.82) is 0 Å². The fourth-order valence-corrected chi connectivity index (χ4v) is 1.38. The topological polar surface area (TPSA) is 60.7 Å². The summed E-state index contributed by atoms with van der Waals surface area (Å²) in [4.78, 5) is 0. The molecule has 1 unspecified atom stereocenters. The van der Waals surface area contributed by atoms with Gasteiger partial charge >= 0.3 is 0 Å². The zero-order valence-electron chi connectivity index (χ0n) is 8.50. The molecule has 0 heterocycles. The molecule has 3 N–H and O–H groups in total. The van der Waals surface area contributed by atoms with Crippen LogP contribution in [-0.2, 0) is 0 Å². The monoisotopic (exact) mass is 190 g/mol. The first kappa shape index (κ1) is 12.9. The summed E-state index contributed by atoms with van der Waals surface area (Å²) < 4.78 is 0. The molecule has 0 fully saturated rings. The zero-order chi connectivity index (χ0) is 10.2. The van der Waals surface area contributed by atoms with Crippen molar-refractivity contribution in [1.82, 2.24) is 0 Å². The lowest BCUT2D eigenvalue weighted by Crippen LogP contribution is -2.24. The molecule has 1 atom stereocenters. The van der Waals surface area contributed by atoms with E-state index >= 15 is 0 Å². The van der Waals surface area contributed by atoms with Crippen molar-refractivity contribution >= 4 is 0 Å². The van der Waals surface area contributed by atoms with Gasteiger partial charge in [0.25, 0.3) is 0 Å². The van der Waals surface area contributed by atoms with E-state index in [4.69, 9.17) is 10.2 Å². The molecular formula is C10H22O3. The third kappa shape index (κ3) is 8.22. The number of hydrogen-bond acceptors (Lipinski definition) is 3. The maximum atomic E-state index is 9.77. The van der Waals surface area contributed by atoms with E-state index in [1.165, 1.54) is 0 Å². The molecule has 13 heavy (non-hydrogen) atoms. The average molecular weight is 190 g/mol. The van der Waals surface area contributed by atoms with Gasteiger partial charge in [-0.3, -0.25) is 0 Å². The number of rotatable bonds is 8. The molecular weight excluding hydrogens is 168 g/mol. The van der Waals surface area contributed by atoms with Crippen LogP contribution >= 0.6 is 0 Å². The highest BCUT2D eigenvalue weighted by Crippen LogP contribution is 2.19. The molecule has 0 aliphatic carbocycles. The highest BCUT2D eigenvalue weighted by atomic mass is 16.3. The first-order chi connectivity index (χ1) is 6.12. The fraction of sp³-hybridized carbons (Fsp3) is 1.00. The summed E-state index contributed by atoms with van der Waals surface area (Å²) >= 11 is 0. The van der Waals surface area contributed by atoms with Crippen molar-refractivity contribution in [2.75, 3.05) is 13.2 Å². The Morgan fingerprint density at radius 2 is 1.38 bits per heavy atom. The average Bonchev–Trinajstić information content (AvgIpc) is 2.09. The molecule has 0 spiro atoms. The van der Waals surface area contributed by atoms with E-state index in [9.17, 15) is 5.11 Å². The lowest BCUT2D eigenvalue weighted by atomic mass is 9.93. The fourth-order valence-electron chi connectivity index (χ4n) is 1.38. The van der Waals surface area contributed by atoms with Crippen LogP contribution in [0.3, 0.4) is 0 Å². The largest absolute Gasteiger partial charge is 0.396 e. The molecule has 0 saturated carbocycles. The van der Waals surface area contributed by atoms with Gasteiger partial charge < -0.3 is 15.3 Å². The molecule has 80 valence electrons. The molecule has 0 bridgehead atoms. The van der Waals surface area contributed by atoms with Crippen LogP contribution in [0.5, 0.6) is 0 Å². The summed E-state index contributed by atoms with van der Waals surface area (Å²) in [6.07, 6.45) is 4.80. The Kier molecular flexibility index (Phi) is 7.23. The molecule has 0 aliphatic rings. The number of aliphatic hydroxyl groups excluding tert-OH is 2. The lowest BCUT2D eigenvalue weighted by Gasteiger charge is -2.22. The maximum Gasteiger partial charge on any atom is 0.0620 e. The number of unbranched alkanes of at least 4 members (excludes halogenated alkanes) is 2. The van der Waals surface area contributed by atoms with Gasteiger partial charge in [0.1, 0.15) is 0 Å². The second-order valence-corrected chi connectivity index (χ2v) is 3.86. The highest BCUT2D eigenvalue weighted by molar-refractivity contribution is 4.71. The Morgan fingerprint density at radius 3 is 1.92 bits per heavy atom. The van der Waals surface area contributed by atoms with E-state index in [0.717, 1.165) is 25.7 Å². The van der Waals surface area contributed by atoms with Crippen molar-refractivity contribution in [2.24, 2.45) is 0 Å². The maximum absolute atomic E-state index is 9.77. The normalized spacial score (nSPS) is 15.7. The van der Waals surface area contributed by atoms with Gasteiger partial charge in [-0.25, -0.2) is 0 Å². The molecule has 0 aromatic carbocycles. The van der Waals surface area contributed by atoms with Gasteiger partial charge in [-0.05, 0) is 32.6 Å². The second kappa shape index (κ2) is 7.30. The molecule has 0 radical (unpaired) electrons. The summed E-state index contributed by atoms with van der Waals surface area (Å²) in [7, 11) is 0. The third-order valence-corrected chi connectivity index (χ3v) is 2.25. The minimum atomic E-state index is -0.641. The Morgan fingerprint density at radius 1 is 0.846 bits per heavy atom. The van der Waals surface area contributed by atoms with Gasteiger partial charge in [-0.2, -0.15) is 0 Å². The number of aliphatic hydroxyl groups is 3. The minimum Gasteiger partial charge on any atom is -0.396 e. The van der Waals surface area contributed by atoms with E-state index in [2.05, 4.69) is 0 Å². The van der Waals surface area contributed by atoms with E-state index in [1.807, 2.05) is 6.92 Å². The molecule has 0 aromatic rings. The van der Waals surface area contributed by atoms with E-state index in [0.29, 0.717) is 12.8 Å². The molecule has 0 aromatic heterocycles. The van der Waals surface area contributed by atoms with Gasteiger partial charge in [-0.15, -0.1) is 0 Å². The Hall–Kier alpha value is -0.120. The highest BCUT2D eigenvalue weighted by Gasteiger charge is 2.18. The van der Waals surface area contributed by atoms with E-state index < -0.39 is 5.60 Å². The van der Waals surface area contributed by atoms with Gasteiger partial charge in [-0.1, -0.05) is 12.8 Å². The second-order valence-electron chi connectivity index (χ2n) is 3.86. The molecule has 0 amide bonds. The van der Waals surface area contributed by atoms with Crippen molar-refractivity contribution in [3.05, 3.63) is 0 Å². The summed E-state index contributed by atoms with van der Waals surface area (Å²) in [5, 5.41) is 26.9. The lowest BCUT2D eigenvalue weighted by molar-refractivity contribution is 0.0323. The van der Waals surface area contributed by atoms with Crippen LogP contribution in [-0.4, -0.2) is 34.1 Å².